The highest BCUT2D eigenvalue weighted by molar-refractivity contribution is 6.04. The van der Waals surface area contributed by atoms with Crippen LogP contribution in [-0.2, 0) is 11.3 Å². The fraction of sp³-hybridized carbons (Fsp3) is 0.280. The molecule has 0 fully saturated rings. The number of aromatic nitrogens is 2. The van der Waals surface area contributed by atoms with Crippen LogP contribution in [0.3, 0.4) is 0 Å². The number of halogens is 2. The third kappa shape index (κ3) is 5.37. The lowest BCUT2D eigenvalue weighted by Gasteiger charge is -2.34. The van der Waals surface area contributed by atoms with Gasteiger partial charge in [0, 0.05) is 30.4 Å². The number of rotatable bonds is 6. The number of fused-ring (bicyclic) bond motifs is 1. The van der Waals surface area contributed by atoms with Gasteiger partial charge in [-0.3, -0.25) is 9.59 Å². The van der Waals surface area contributed by atoms with Gasteiger partial charge in [0.1, 0.15) is 23.4 Å². The minimum absolute atomic E-state index is 0. The second-order valence-corrected chi connectivity index (χ2v) is 7.98. The molecule has 3 N–H and O–H groups in total. The molecule has 10 heteroatoms. The van der Waals surface area contributed by atoms with Gasteiger partial charge in [-0.25, -0.2) is 13.8 Å². The van der Waals surface area contributed by atoms with Gasteiger partial charge in [-0.1, -0.05) is 20.4 Å². The van der Waals surface area contributed by atoms with Gasteiger partial charge in [-0.05, 0) is 49.7 Å². The maximum absolute atomic E-state index is 14.7. The second-order valence-electron chi connectivity index (χ2n) is 7.98. The summed E-state index contributed by atoms with van der Waals surface area (Å²) in [6.45, 7) is 3.78. The van der Waals surface area contributed by atoms with Crippen molar-refractivity contribution >= 4 is 35.0 Å². The van der Waals surface area contributed by atoms with Crippen LogP contribution in [0.2, 0.25) is 0 Å². The lowest BCUT2D eigenvalue weighted by atomic mass is 10.1. The van der Waals surface area contributed by atoms with Crippen LogP contribution in [0.4, 0.5) is 31.9 Å². The summed E-state index contributed by atoms with van der Waals surface area (Å²) in [5.74, 6) is -0.698. The molecule has 2 amide bonds. The molecule has 0 unspecified atom stereocenters. The highest BCUT2D eigenvalue weighted by atomic mass is 19.1. The zero-order valence-electron chi connectivity index (χ0n) is 18.9. The van der Waals surface area contributed by atoms with Gasteiger partial charge in [-0.2, -0.15) is 4.98 Å². The number of amides is 2. The van der Waals surface area contributed by atoms with Gasteiger partial charge in [0.2, 0.25) is 11.9 Å². The summed E-state index contributed by atoms with van der Waals surface area (Å²) >= 11 is 0. The van der Waals surface area contributed by atoms with E-state index < -0.39 is 17.5 Å². The van der Waals surface area contributed by atoms with E-state index in [1.165, 1.54) is 36.4 Å². The Morgan fingerprint density at radius 2 is 1.86 bits per heavy atom. The molecule has 0 saturated heterocycles. The number of carbonyl (C=O) groups excluding carboxylic acids is 2. The van der Waals surface area contributed by atoms with Crippen molar-refractivity contribution in [1.29, 1.82) is 0 Å². The van der Waals surface area contributed by atoms with Crippen molar-refractivity contribution in [3.05, 3.63) is 70.9 Å². The molecule has 0 saturated carbocycles. The fourth-order valence-electron chi connectivity index (χ4n) is 3.77. The standard InChI is InChI=1S/C24H24F2N6O2.CH4/c1-4-19-23(34)30-20-13(2)28-24(31-21(20)32(19)3)27-12-15-6-5-14(11-18(15)26)22(33)29-17-9-7-16(25)8-10-17;/h5-11,19H,4,12H2,1-3H3,(H,29,33)(H,30,34)(H,27,28,31);1H4/t19-;/m0./s1. The first-order chi connectivity index (χ1) is 16.3. The molecular weight excluding hydrogens is 454 g/mol. The number of nitrogens with zero attached hydrogens (tertiary/aromatic N) is 3. The third-order valence-corrected chi connectivity index (χ3v) is 5.66. The van der Waals surface area contributed by atoms with Crippen LogP contribution in [0.5, 0.6) is 0 Å². The molecule has 4 rings (SSSR count). The first kappa shape index (κ1) is 25.5. The number of hydrogen-bond donors (Lipinski definition) is 3. The molecule has 0 bridgehead atoms. The van der Waals surface area contributed by atoms with Crippen molar-refractivity contribution < 1.29 is 18.4 Å². The van der Waals surface area contributed by atoms with Gasteiger partial charge < -0.3 is 20.9 Å². The lowest BCUT2D eigenvalue weighted by molar-refractivity contribution is -0.117. The van der Waals surface area contributed by atoms with Crippen LogP contribution in [0.1, 0.15) is 42.4 Å². The molecule has 1 aliphatic heterocycles. The number of benzene rings is 2. The molecule has 3 aromatic rings. The third-order valence-electron chi connectivity index (χ3n) is 5.66. The van der Waals surface area contributed by atoms with E-state index in [9.17, 15) is 18.4 Å². The highest BCUT2D eigenvalue weighted by Gasteiger charge is 2.32. The van der Waals surface area contributed by atoms with Crippen molar-refractivity contribution in [2.24, 2.45) is 0 Å². The molecule has 0 aliphatic carbocycles. The number of anilines is 4. The molecule has 184 valence electrons. The number of aryl methyl sites for hydroxylation is 1. The number of nitrogens with one attached hydrogen (secondary N) is 3. The van der Waals surface area contributed by atoms with Crippen molar-refractivity contribution in [3.8, 4) is 0 Å². The van der Waals surface area contributed by atoms with Crippen LogP contribution in [0, 0.1) is 18.6 Å². The minimum Gasteiger partial charge on any atom is -0.350 e. The lowest BCUT2D eigenvalue weighted by Crippen LogP contribution is -2.46. The van der Waals surface area contributed by atoms with E-state index >= 15 is 0 Å². The summed E-state index contributed by atoms with van der Waals surface area (Å²) in [5.41, 5.74) is 2.02. The van der Waals surface area contributed by atoms with E-state index in [1.807, 2.05) is 11.8 Å². The summed E-state index contributed by atoms with van der Waals surface area (Å²) in [7, 11) is 1.80. The summed E-state index contributed by atoms with van der Waals surface area (Å²) in [4.78, 5) is 35.3. The van der Waals surface area contributed by atoms with Gasteiger partial charge in [0.25, 0.3) is 5.91 Å². The maximum atomic E-state index is 14.7. The minimum atomic E-state index is -0.565. The highest BCUT2D eigenvalue weighted by Crippen LogP contribution is 2.33. The maximum Gasteiger partial charge on any atom is 0.255 e. The number of carbonyl (C=O) groups is 2. The Labute approximate surface area is 202 Å². The molecule has 0 radical (unpaired) electrons. The molecule has 1 atom stereocenters. The van der Waals surface area contributed by atoms with Crippen LogP contribution in [0.15, 0.2) is 42.5 Å². The van der Waals surface area contributed by atoms with Gasteiger partial charge in [0.15, 0.2) is 5.82 Å². The Bertz CT molecular complexity index is 1250. The summed E-state index contributed by atoms with van der Waals surface area (Å²) in [6.07, 6.45) is 0.625. The molecule has 1 aliphatic rings. The van der Waals surface area contributed by atoms with E-state index in [1.54, 1.807) is 14.0 Å². The molecule has 2 heterocycles. The quantitative estimate of drug-likeness (QED) is 0.470. The van der Waals surface area contributed by atoms with E-state index in [-0.39, 0.29) is 31.5 Å². The molecular formula is C25H28F2N6O2. The van der Waals surface area contributed by atoms with E-state index in [0.29, 0.717) is 40.8 Å². The Morgan fingerprint density at radius 1 is 1.14 bits per heavy atom. The molecule has 1 aromatic heterocycles. The monoisotopic (exact) mass is 482 g/mol. The average molecular weight is 483 g/mol. The van der Waals surface area contributed by atoms with Crippen LogP contribution < -0.4 is 20.9 Å². The average Bonchev–Trinajstić information content (AvgIpc) is 2.81. The molecule has 8 nitrogen and oxygen atoms in total. The van der Waals surface area contributed by atoms with Crippen molar-refractivity contribution in [1.82, 2.24) is 9.97 Å². The molecule has 35 heavy (non-hydrogen) atoms. The summed E-state index contributed by atoms with van der Waals surface area (Å²) < 4.78 is 27.7. The topological polar surface area (TPSA) is 99.2 Å². The second kappa shape index (κ2) is 10.5. The van der Waals surface area contributed by atoms with Crippen LogP contribution in [-0.4, -0.2) is 34.9 Å². The largest absolute Gasteiger partial charge is 0.350 e. The van der Waals surface area contributed by atoms with Gasteiger partial charge >= 0.3 is 0 Å². The zero-order chi connectivity index (χ0) is 24.4. The van der Waals surface area contributed by atoms with Gasteiger partial charge in [0.05, 0.1) is 5.69 Å². The molecule has 0 spiro atoms. The van der Waals surface area contributed by atoms with Crippen LogP contribution >= 0.6 is 0 Å². The Balaban J connectivity index is 0.00000342. The zero-order valence-corrected chi connectivity index (χ0v) is 18.9. The first-order valence-electron chi connectivity index (χ1n) is 10.8. The summed E-state index contributed by atoms with van der Waals surface area (Å²) in [5, 5.41) is 8.47. The van der Waals surface area contributed by atoms with Crippen molar-refractivity contribution in [2.75, 3.05) is 27.9 Å². The van der Waals surface area contributed by atoms with Gasteiger partial charge in [-0.15, -0.1) is 0 Å². The Kier molecular flexibility index (Phi) is 7.63. The van der Waals surface area contributed by atoms with Crippen molar-refractivity contribution in [3.63, 3.8) is 0 Å². The normalized spacial score (nSPS) is 14.5. The van der Waals surface area contributed by atoms with E-state index in [0.717, 1.165) is 6.07 Å². The van der Waals surface area contributed by atoms with Crippen LogP contribution in [0.25, 0.3) is 0 Å². The SMILES string of the molecule is C.CC[C@H]1C(=O)Nc2c(C)nc(NCc3ccc(C(=O)Nc4ccc(F)cc4)cc3F)nc2N1C. The van der Waals surface area contributed by atoms with E-state index in [2.05, 4.69) is 25.9 Å². The van der Waals surface area contributed by atoms with E-state index in [4.69, 9.17) is 0 Å². The Hall–Kier alpha value is -4.08. The number of likely N-dealkylation sites (N-methyl/N-ethyl adjacent to an activating group) is 1. The fourth-order valence-corrected chi connectivity index (χ4v) is 3.77. The smallest absolute Gasteiger partial charge is 0.255 e. The van der Waals surface area contributed by atoms with Crippen molar-refractivity contribution in [2.45, 2.75) is 40.3 Å². The first-order valence-corrected chi connectivity index (χ1v) is 10.8. The molecule has 2 aromatic carbocycles. The number of hydrogen-bond acceptors (Lipinski definition) is 6. The predicted octanol–water partition coefficient (Wildman–Crippen LogP) is 4.73. The Morgan fingerprint density at radius 3 is 2.51 bits per heavy atom. The summed E-state index contributed by atoms with van der Waals surface area (Å²) in [6, 6.07) is 9.12. The predicted molar refractivity (Wildman–Crippen MR) is 133 cm³/mol.